The highest BCUT2D eigenvalue weighted by atomic mass is 16.5. The molecular weight excluding hydrogens is 378 g/mol. The summed E-state index contributed by atoms with van der Waals surface area (Å²) < 4.78 is 11.4. The number of ether oxygens (including phenoxy) is 2. The maximum absolute atomic E-state index is 13.6. The Morgan fingerprint density at radius 1 is 1.17 bits per heavy atom. The van der Waals surface area contributed by atoms with E-state index < -0.39 is 6.10 Å². The molecule has 2 aromatic carbocycles. The third kappa shape index (κ3) is 3.90. The number of hydrogen-bond donors (Lipinski definition) is 1. The van der Waals surface area contributed by atoms with E-state index in [2.05, 4.69) is 9.97 Å². The summed E-state index contributed by atoms with van der Waals surface area (Å²) in [7, 11) is 1.64. The van der Waals surface area contributed by atoms with E-state index in [1.807, 2.05) is 67.3 Å². The zero-order valence-corrected chi connectivity index (χ0v) is 17.6. The molecular formula is C24H27N3O3. The predicted molar refractivity (Wildman–Crippen MR) is 115 cm³/mol. The van der Waals surface area contributed by atoms with E-state index in [0.717, 1.165) is 34.7 Å². The van der Waals surface area contributed by atoms with E-state index >= 15 is 0 Å². The first-order chi connectivity index (χ1) is 14.6. The van der Waals surface area contributed by atoms with Crippen LogP contribution in [0.15, 0.2) is 54.9 Å². The van der Waals surface area contributed by atoms with Crippen molar-refractivity contribution in [3.05, 3.63) is 77.4 Å². The molecule has 2 atom stereocenters. The van der Waals surface area contributed by atoms with Crippen molar-refractivity contribution in [3.8, 4) is 11.5 Å². The molecule has 0 saturated carbocycles. The van der Waals surface area contributed by atoms with Crippen LogP contribution in [0.4, 0.5) is 0 Å². The molecule has 1 aromatic heterocycles. The van der Waals surface area contributed by atoms with E-state index in [4.69, 9.17) is 9.47 Å². The molecule has 1 aliphatic rings. The van der Waals surface area contributed by atoms with Crippen LogP contribution in [0, 0.1) is 6.92 Å². The molecule has 3 aromatic rings. The van der Waals surface area contributed by atoms with Gasteiger partial charge >= 0.3 is 0 Å². The summed E-state index contributed by atoms with van der Waals surface area (Å²) in [5.41, 5.74) is 4.13. The van der Waals surface area contributed by atoms with E-state index in [9.17, 15) is 4.79 Å². The summed E-state index contributed by atoms with van der Waals surface area (Å²) in [6, 6.07) is 15.4. The fraction of sp³-hybridized carbons (Fsp3) is 0.333. The van der Waals surface area contributed by atoms with Gasteiger partial charge in [-0.15, -0.1) is 0 Å². The quantitative estimate of drug-likeness (QED) is 0.672. The number of fused-ring (bicyclic) bond motifs is 1. The van der Waals surface area contributed by atoms with Gasteiger partial charge in [-0.1, -0.05) is 36.8 Å². The molecule has 4 rings (SSSR count). The van der Waals surface area contributed by atoms with E-state index in [1.165, 1.54) is 0 Å². The minimum Gasteiger partial charge on any atom is -0.497 e. The second-order valence-electron chi connectivity index (χ2n) is 7.55. The molecule has 1 N–H and O–H groups in total. The second-order valence-corrected chi connectivity index (χ2v) is 7.55. The van der Waals surface area contributed by atoms with Crippen LogP contribution < -0.4 is 9.47 Å². The zero-order chi connectivity index (χ0) is 21.1. The van der Waals surface area contributed by atoms with Crippen molar-refractivity contribution in [2.75, 3.05) is 13.7 Å². The van der Waals surface area contributed by atoms with Crippen LogP contribution in [0.2, 0.25) is 0 Å². The number of H-pyrrole nitrogens is 1. The number of rotatable bonds is 6. The summed E-state index contributed by atoms with van der Waals surface area (Å²) in [5.74, 6) is 1.47. The molecule has 30 heavy (non-hydrogen) atoms. The smallest absolute Gasteiger partial charge is 0.264 e. The molecule has 156 valence electrons. The van der Waals surface area contributed by atoms with Crippen LogP contribution in [0.5, 0.6) is 11.5 Å². The molecule has 1 amide bonds. The topological polar surface area (TPSA) is 67.5 Å². The Hall–Kier alpha value is -3.28. The van der Waals surface area contributed by atoms with Crippen molar-refractivity contribution < 1.29 is 14.3 Å². The van der Waals surface area contributed by atoms with E-state index in [0.29, 0.717) is 18.7 Å². The average Bonchev–Trinajstić information content (AvgIpc) is 3.26. The van der Waals surface area contributed by atoms with Crippen molar-refractivity contribution in [1.29, 1.82) is 0 Å². The van der Waals surface area contributed by atoms with Gasteiger partial charge in [0.2, 0.25) is 0 Å². The van der Waals surface area contributed by atoms with Crippen LogP contribution >= 0.6 is 0 Å². The van der Waals surface area contributed by atoms with Crippen molar-refractivity contribution in [1.82, 2.24) is 14.9 Å². The number of carbonyl (C=O) groups excluding carboxylic acids is 1. The van der Waals surface area contributed by atoms with Crippen LogP contribution in [-0.4, -0.2) is 40.5 Å². The lowest BCUT2D eigenvalue weighted by Gasteiger charge is -2.37. The number of aromatic nitrogens is 2. The first-order valence-electron chi connectivity index (χ1n) is 10.3. The summed E-state index contributed by atoms with van der Waals surface area (Å²) in [6.45, 7) is 4.61. The minimum atomic E-state index is -0.547. The Kier molecular flexibility index (Phi) is 5.74. The standard InChI is InChI=1S/C24H27N3O3/c1-4-21(30-19-9-5-16(2)6-10-19)24(28)27-14-13-20-22(26-15-25-20)23(27)17-7-11-18(29-3)12-8-17/h5-12,15,21,23H,4,13-14H2,1-3H3,(H,25,26)/t21-,23-/m1/s1. The lowest BCUT2D eigenvalue weighted by Crippen LogP contribution is -2.47. The number of methoxy groups -OCH3 is 1. The summed E-state index contributed by atoms with van der Waals surface area (Å²) in [4.78, 5) is 23.2. The number of amides is 1. The third-order valence-corrected chi connectivity index (χ3v) is 5.59. The van der Waals surface area contributed by atoms with Gasteiger partial charge in [-0.2, -0.15) is 0 Å². The fourth-order valence-electron chi connectivity index (χ4n) is 3.91. The highest BCUT2D eigenvalue weighted by Gasteiger charge is 2.37. The SMILES string of the molecule is CC[C@@H](Oc1ccc(C)cc1)C(=O)N1CCc2[nH]cnc2[C@H]1c1ccc(OC)cc1. The molecule has 2 heterocycles. The molecule has 0 saturated heterocycles. The molecule has 0 aliphatic carbocycles. The van der Waals surface area contributed by atoms with Gasteiger partial charge in [0.05, 0.1) is 19.1 Å². The normalized spacial score (nSPS) is 16.6. The first kappa shape index (κ1) is 20.0. The van der Waals surface area contributed by atoms with Gasteiger partial charge in [0.25, 0.3) is 5.91 Å². The minimum absolute atomic E-state index is 0.0208. The third-order valence-electron chi connectivity index (χ3n) is 5.59. The van der Waals surface area contributed by atoms with Gasteiger partial charge in [0, 0.05) is 18.7 Å². The van der Waals surface area contributed by atoms with Gasteiger partial charge in [0.15, 0.2) is 6.10 Å². The van der Waals surface area contributed by atoms with Crippen molar-refractivity contribution in [3.63, 3.8) is 0 Å². The van der Waals surface area contributed by atoms with Crippen LogP contribution in [-0.2, 0) is 11.2 Å². The number of carbonyl (C=O) groups is 1. The van der Waals surface area contributed by atoms with E-state index in [-0.39, 0.29) is 11.9 Å². The first-order valence-corrected chi connectivity index (χ1v) is 10.3. The molecule has 0 spiro atoms. The average molecular weight is 405 g/mol. The molecule has 6 heteroatoms. The maximum Gasteiger partial charge on any atom is 0.264 e. The number of nitrogens with zero attached hydrogens (tertiary/aromatic N) is 2. The lowest BCUT2D eigenvalue weighted by atomic mass is 9.94. The van der Waals surface area contributed by atoms with Crippen LogP contribution in [0.3, 0.4) is 0 Å². The fourth-order valence-corrected chi connectivity index (χ4v) is 3.91. The molecule has 0 fully saturated rings. The maximum atomic E-state index is 13.6. The predicted octanol–water partition coefficient (Wildman–Crippen LogP) is 4.06. The van der Waals surface area contributed by atoms with Crippen LogP contribution in [0.1, 0.15) is 41.9 Å². The van der Waals surface area contributed by atoms with Gasteiger partial charge in [-0.3, -0.25) is 4.79 Å². The highest BCUT2D eigenvalue weighted by molar-refractivity contribution is 5.82. The molecule has 0 unspecified atom stereocenters. The van der Waals surface area contributed by atoms with Gasteiger partial charge < -0.3 is 19.4 Å². The van der Waals surface area contributed by atoms with E-state index in [1.54, 1.807) is 13.4 Å². The van der Waals surface area contributed by atoms with Gasteiger partial charge in [-0.05, 0) is 43.2 Å². The second kappa shape index (κ2) is 8.61. The molecule has 1 aliphatic heterocycles. The number of benzene rings is 2. The molecule has 0 bridgehead atoms. The Balaban J connectivity index is 1.64. The zero-order valence-electron chi connectivity index (χ0n) is 17.6. The highest BCUT2D eigenvalue weighted by Crippen LogP contribution is 2.35. The number of hydrogen-bond acceptors (Lipinski definition) is 4. The Morgan fingerprint density at radius 3 is 2.53 bits per heavy atom. The Morgan fingerprint density at radius 2 is 1.87 bits per heavy atom. The summed E-state index contributed by atoms with van der Waals surface area (Å²) in [6.07, 6.45) is 2.49. The summed E-state index contributed by atoms with van der Waals surface area (Å²) >= 11 is 0. The monoisotopic (exact) mass is 405 g/mol. The Labute approximate surface area is 176 Å². The lowest BCUT2D eigenvalue weighted by molar-refractivity contribution is -0.141. The summed E-state index contributed by atoms with van der Waals surface area (Å²) in [5, 5.41) is 0. The van der Waals surface area contributed by atoms with Crippen molar-refractivity contribution >= 4 is 5.91 Å². The number of nitrogens with one attached hydrogen (secondary N) is 1. The van der Waals surface area contributed by atoms with Crippen molar-refractivity contribution in [2.24, 2.45) is 0 Å². The van der Waals surface area contributed by atoms with Crippen molar-refractivity contribution in [2.45, 2.75) is 38.8 Å². The Bertz CT molecular complexity index is 995. The van der Waals surface area contributed by atoms with Gasteiger partial charge in [-0.25, -0.2) is 4.98 Å². The van der Waals surface area contributed by atoms with Crippen LogP contribution in [0.25, 0.3) is 0 Å². The number of aromatic amines is 1. The molecule has 0 radical (unpaired) electrons. The number of aryl methyl sites for hydroxylation is 1. The number of imidazole rings is 1. The van der Waals surface area contributed by atoms with Gasteiger partial charge in [0.1, 0.15) is 17.5 Å². The largest absolute Gasteiger partial charge is 0.497 e. The molecule has 6 nitrogen and oxygen atoms in total.